The zero-order valence-corrected chi connectivity index (χ0v) is 15.8. The number of hydrogen-bond acceptors (Lipinski definition) is 3. The fourth-order valence-corrected chi connectivity index (χ4v) is 4.23. The molecule has 0 spiro atoms. The largest absolute Gasteiger partial charge is 0.265 e. The van der Waals surface area contributed by atoms with Crippen molar-refractivity contribution in [3.63, 3.8) is 0 Å². The van der Waals surface area contributed by atoms with E-state index in [1.54, 1.807) is 0 Å². The molecule has 0 radical (unpaired) electrons. The number of thioether (sulfide) groups is 1. The van der Waals surface area contributed by atoms with Crippen LogP contribution in [0.25, 0.3) is 22.3 Å². The van der Waals surface area contributed by atoms with Crippen LogP contribution < -0.4 is 0 Å². The fourth-order valence-electron chi connectivity index (χ4n) is 3.19. The van der Waals surface area contributed by atoms with E-state index in [0.29, 0.717) is 0 Å². The summed E-state index contributed by atoms with van der Waals surface area (Å²) in [5, 5.41) is 0. The highest BCUT2D eigenvalue weighted by molar-refractivity contribution is 7.97. The summed E-state index contributed by atoms with van der Waals surface area (Å²) in [7, 11) is 0. The minimum Gasteiger partial charge on any atom is -0.265 e. The predicted molar refractivity (Wildman–Crippen MR) is 114 cm³/mol. The number of nitrogens with zero attached hydrogens (tertiary/aromatic N) is 2. The molecule has 2 aromatic carbocycles. The number of rotatable bonds is 6. The lowest BCUT2D eigenvalue weighted by atomic mass is 10.0. The Balaban J connectivity index is 1.51. The van der Waals surface area contributed by atoms with Crippen LogP contribution in [0.2, 0.25) is 0 Å². The van der Waals surface area contributed by atoms with Gasteiger partial charge in [-0.25, -0.2) is 0 Å². The fraction of sp³-hybridized carbons (Fsp3) is 0.0833. The van der Waals surface area contributed by atoms with Crippen LogP contribution in [0.4, 0.5) is 0 Å². The average Bonchev–Trinajstić information content (AvgIpc) is 2.76. The normalized spacial score (nSPS) is 10.7. The Kier molecular flexibility index (Phi) is 5.61. The molecule has 2 nitrogen and oxygen atoms in total. The molecule has 0 aliphatic heterocycles. The third-order valence-electron chi connectivity index (χ3n) is 4.53. The predicted octanol–water partition coefficient (Wildman–Crippen LogP) is 6.24. The zero-order valence-electron chi connectivity index (χ0n) is 15.0. The molecule has 0 aliphatic rings. The van der Waals surface area contributed by atoms with E-state index in [4.69, 9.17) is 0 Å². The van der Waals surface area contributed by atoms with Gasteiger partial charge in [-0.2, -0.15) is 11.8 Å². The molecule has 4 aromatic rings. The van der Waals surface area contributed by atoms with Gasteiger partial charge in [0, 0.05) is 36.3 Å². The molecule has 2 heterocycles. The van der Waals surface area contributed by atoms with Crippen molar-refractivity contribution >= 4 is 11.8 Å². The SMILES string of the molecule is c1ccc(-c2ccncc2)c(CSCc2ccccc2-c2ccncc2)c1. The van der Waals surface area contributed by atoms with E-state index in [1.165, 1.54) is 33.4 Å². The Morgan fingerprint density at radius 2 is 0.926 bits per heavy atom. The van der Waals surface area contributed by atoms with E-state index in [1.807, 2.05) is 36.5 Å². The lowest BCUT2D eigenvalue weighted by Gasteiger charge is -2.12. The van der Waals surface area contributed by atoms with E-state index in [2.05, 4.69) is 82.8 Å². The van der Waals surface area contributed by atoms with Crippen LogP contribution in [0.15, 0.2) is 97.6 Å². The van der Waals surface area contributed by atoms with Gasteiger partial charge in [-0.1, -0.05) is 48.5 Å². The van der Waals surface area contributed by atoms with Gasteiger partial charge in [0.2, 0.25) is 0 Å². The van der Waals surface area contributed by atoms with Crippen molar-refractivity contribution in [1.29, 1.82) is 0 Å². The van der Waals surface area contributed by atoms with Crippen molar-refractivity contribution in [2.45, 2.75) is 11.5 Å². The van der Waals surface area contributed by atoms with Crippen LogP contribution in [0.5, 0.6) is 0 Å². The molecule has 2 aromatic heterocycles. The van der Waals surface area contributed by atoms with Gasteiger partial charge in [0.15, 0.2) is 0 Å². The summed E-state index contributed by atoms with van der Waals surface area (Å²) >= 11 is 1.95. The summed E-state index contributed by atoms with van der Waals surface area (Å²) in [5.74, 6) is 1.95. The molecule has 0 amide bonds. The van der Waals surface area contributed by atoms with Gasteiger partial charge >= 0.3 is 0 Å². The van der Waals surface area contributed by atoms with Crippen LogP contribution in [-0.4, -0.2) is 9.97 Å². The van der Waals surface area contributed by atoms with Crippen LogP contribution in [0.1, 0.15) is 11.1 Å². The monoisotopic (exact) mass is 368 g/mol. The van der Waals surface area contributed by atoms with Gasteiger partial charge in [0.25, 0.3) is 0 Å². The molecule has 132 valence electrons. The van der Waals surface area contributed by atoms with Crippen molar-refractivity contribution in [3.05, 3.63) is 109 Å². The first-order valence-electron chi connectivity index (χ1n) is 8.96. The maximum absolute atomic E-state index is 4.13. The number of benzene rings is 2. The molecular weight excluding hydrogens is 348 g/mol. The summed E-state index contributed by atoms with van der Waals surface area (Å²) in [6.45, 7) is 0. The molecule has 27 heavy (non-hydrogen) atoms. The molecule has 0 saturated heterocycles. The van der Waals surface area contributed by atoms with E-state index in [9.17, 15) is 0 Å². The number of hydrogen-bond donors (Lipinski definition) is 0. The Morgan fingerprint density at radius 1 is 0.519 bits per heavy atom. The number of aromatic nitrogens is 2. The first kappa shape index (κ1) is 17.5. The molecule has 3 heteroatoms. The van der Waals surface area contributed by atoms with E-state index < -0.39 is 0 Å². The zero-order chi connectivity index (χ0) is 18.3. The van der Waals surface area contributed by atoms with Gasteiger partial charge in [0.05, 0.1) is 0 Å². The quantitative estimate of drug-likeness (QED) is 0.403. The molecule has 0 unspecified atom stereocenters. The Morgan fingerprint density at radius 3 is 1.37 bits per heavy atom. The van der Waals surface area contributed by atoms with Crippen LogP contribution in [-0.2, 0) is 11.5 Å². The van der Waals surface area contributed by atoms with Gasteiger partial charge in [-0.15, -0.1) is 0 Å². The molecule has 0 saturated carbocycles. The van der Waals surface area contributed by atoms with Crippen LogP contribution in [0.3, 0.4) is 0 Å². The van der Waals surface area contributed by atoms with Crippen molar-refractivity contribution < 1.29 is 0 Å². The molecule has 0 bridgehead atoms. The summed E-state index contributed by atoms with van der Waals surface area (Å²) in [6, 6.07) is 25.5. The first-order chi connectivity index (χ1) is 13.4. The topological polar surface area (TPSA) is 25.8 Å². The molecule has 0 fully saturated rings. The standard InChI is InChI=1S/C24H20N2S/c1-3-7-23(19-9-13-25-14-10-19)21(5-1)17-27-18-22-6-2-4-8-24(22)20-11-15-26-16-12-20/h1-16H,17-18H2. The van der Waals surface area contributed by atoms with E-state index >= 15 is 0 Å². The Bertz CT molecular complexity index is 918. The van der Waals surface area contributed by atoms with Crippen molar-refractivity contribution in [1.82, 2.24) is 9.97 Å². The first-order valence-corrected chi connectivity index (χ1v) is 10.1. The average molecular weight is 369 g/mol. The van der Waals surface area contributed by atoms with Crippen molar-refractivity contribution in [2.75, 3.05) is 0 Å². The lowest BCUT2D eigenvalue weighted by molar-refractivity contribution is 1.31. The second-order valence-corrected chi connectivity index (χ2v) is 7.26. The summed E-state index contributed by atoms with van der Waals surface area (Å²) in [4.78, 5) is 8.26. The number of pyridine rings is 2. The minimum absolute atomic E-state index is 0.975. The lowest BCUT2D eigenvalue weighted by Crippen LogP contribution is -1.91. The molecule has 0 aliphatic carbocycles. The van der Waals surface area contributed by atoms with Gasteiger partial charge in [0.1, 0.15) is 0 Å². The van der Waals surface area contributed by atoms with Gasteiger partial charge in [-0.3, -0.25) is 9.97 Å². The third-order valence-corrected chi connectivity index (χ3v) is 5.56. The third kappa shape index (κ3) is 4.26. The van der Waals surface area contributed by atoms with Gasteiger partial charge < -0.3 is 0 Å². The summed E-state index contributed by atoms with van der Waals surface area (Å²) in [6.07, 6.45) is 7.41. The summed E-state index contributed by atoms with van der Waals surface area (Å²) < 4.78 is 0. The van der Waals surface area contributed by atoms with Crippen LogP contribution in [0, 0.1) is 0 Å². The summed E-state index contributed by atoms with van der Waals surface area (Å²) in [5.41, 5.74) is 7.73. The molecule has 0 atom stereocenters. The second kappa shape index (κ2) is 8.65. The second-order valence-electron chi connectivity index (χ2n) is 6.28. The highest BCUT2D eigenvalue weighted by Gasteiger charge is 2.07. The van der Waals surface area contributed by atoms with Crippen molar-refractivity contribution in [3.8, 4) is 22.3 Å². The van der Waals surface area contributed by atoms with E-state index in [0.717, 1.165) is 11.5 Å². The Labute approximate surface area is 164 Å². The molecular formula is C24H20N2S. The van der Waals surface area contributed by atoms with Gasteiger partial charge in [-0.05, 0) is 57.6 Å². The Hall–Kier alpha value is -2.91. The van der Waals surface area contributed by atoms with E-state index in [-0.39, 0.29) is 0 Å². The highest BCUT2D eigenvalue weighted by atomic mass is 32.2. The highest BCUT2D eigenvalue weighted by Crippen LogP contribution is 2.30. The maximum atomic E-state index is 4.13. The van der Waals surface area contributed by atoms with Crippen LogP contribution >= 0.6 is 11.8 Å². The minimum atomic E-state index is 0.975. The maximum Gasteiger partial charge on any atom is 0.0273 e. The molecule has 4 rings (SSSR count). The molecule has 0 N–H and O–H groups in total. The smallest absolute Gasteiger partial charge is 0.0273 e. The van der Waals surface area contributed by atoms with Crippen molar-refractivity contribution in [2.24, 2.45) is 0 Å².